The number of nitrogens with zero attached hydrogens (tertiary/aromatic N) is 1. The van der Waals surface area contributed by atoms with Crippen molar-refractivity contribution in [3.05, 3.63) is 60.2 Å². The number of phenolic OH excluding ortho intramolecular Hbond substituents is 1. The van der Waals surface area contributed by atoms with Crippen LogP contribution >= 0.6 is 0 Å². The molecule has 2 aromatic rings. The Bertz CT molecular complexity index is 548. The average Bonchev–Trinajstić information content (AvgIpc) is 2.50. The van der Waals surface area contributed by atoms with Gasteiger partial charge in [-0.15, -0.1) is 0 Å². The van der Waals surface area contributed by atoms with Crippen molar-refractivity contribution in [2.24, 2.45) is 0 Å². The second-order valence-electron chi connectivity index (χ2n) is 5.39. The van der Waals surface area contributed by atoms with Crippen LogP contribution in [-0.2, 0) is 6.54 Å². The number of nitrogens with one attached hydrogen (secondary N) is 1. The molecule has 2 aromatic carbocycles. The summed E-state index contributed by atoms with van der Waals surface area (Å²) in [5.74, 6) is 0.388. The van der Waals surface area contributed by atoms with E-state index in [0.717, 1.165) is 38.4 Å². The first-order valence-corrected chi connectivity index (χ1v) is 7.23. The number of rotatable bonds is 3. The van der Waals surface area contributed by atoms with E-state index in [1.54, 1.807) is 11.0 Å². The number of para-hydroxylation sites is 2. The second kappa shape index (κ2) is 5.97. The molecule has 1 saturated heterocycles. The van der Waals surface area contributed by atoms with E-state index in [-0.39, 0.29) is 0 Å². The molecule has 0 radical (unpaired) electrons. The lowest BCUT2D eigenvalue weighted by Crippen LogP contribution is -3.13. The summed E-state index contributed by atoms with van der Waals surface area (Å²) in [7, 11) is 0. The number of hydrogen-bond acceptors (Lipinski definition) is 2. The van der Waals surface area contributed by atoms with E-state index in [0.29, 0.717) is 5.75 Å². The standard InChI is InChI=1S/C17H20N2O/c20-17-9-5-4-8-16(17)19-12-10-18(11-13-19)14-15-6-2-1-3-7-15/h1-9,20H,10-14H2/p+1. The summed E-state index contributed by atoms with van der Waals surface area (Å²) < 4.78 is 0. The van der Waals surface area contributed by atoms with Crippen LogP contribution in [0.1, 0.15) is 5.56 Å². The van der Waals surface area contributed by atoms with Crippen LogP contribution < -0.4 is 9.80 Å². The zero-order chi connectivity index (χ0) is 13.8. The van der Waals surface area contributed by atoms with Gasteiger partial charge < -0.3 is 14.9 Å². The van der Waals surface area contributed by atoms with E-state index >= 15 is 0 Å². The molecule has 3 heteroatoms. The number of aromatic hydroxyl groups is 1. The minimum Gasteiger partial charge on any atom is -0.506 e. The zero-order valence-corrected chi connectivity index (χ0v) is 11.6. The highest BCUT2D eigenvalue weighted by molar-refractivity contribution is 5.57. The van der Waals surface area contributed by atoms with E-state index in [1.807, 2.05) is 18.2 Å². The predicted molar refractivity (Wildman–Crippen MR) is 81.2 cm³/mol. The molecular formula is C17H21N2O+. The third-order valence-corrected chi connectivity index (χ3v) is 3.99. The molecule has 0 atom stereocenters. The Morgan fingerprint density at radius 2 is 1.55 bits per heavy atom. The lowest BCUT2D eigenvalue weighted by Gasteiger charge is -2.34. The maximum Gasteiger partial charge on any atom is 0.138 e. The number of anilines is 1. The van der Waals surface area contributed by atoms with Gasteiger partial charge in [-0.25, -0.2) is 0 Å². The highest BCUT2D eigenvalue weighted by Gasteiger charge is 2.21. The summed E-state index contributed by atoms with van der Waals surface area (Å²) in [6.45, 7) is 5.32. The SMILES string of the molecule is Oc1ccccc1N1CC[NH+](Cc2ccccc2)CC1. The number of hydrogen-bond donors (Lipinski definition) is 2. The second-order valence-corrected chi connectivity index (χ2v) is 5.39. The molecule has 0 spiro atoms. The van der Waals surface area contributed by atoms with E-state index in [4.69, 9.17) is 0 Å². The molecule has 20 heavy (non-hydrogen) atoms. The molecule has 3 rings (SSSR count). The van der Waals surface area contributed by atoms with E-state index in [9.17, 15) is 5.11 Å². The van der Waals surface area contributed by atoms with Crippen LogP contribution in [0.25, 0.3) is 0 Å². The van der Waals surface area contributed by atoms with Crippen LogP contribution in [0.2, 0.25) is 0 Å². The topological polar surface area (TPSA) is 27.9 Å². The Balaban J connectivity index is 1.59. The van der Waals surface area contributed by atoms with Crippen LogP contribution in [0, 0.1) is 0 Å². The first-order chi connectivity index (χ1) is 9.83. The molecule has 2 N–H and O–H groups in total. The van der Waals surface area contributed by atoms with Crippen molar-refractivity contribution >= 4 is 5.69 Å². The number of quaternary nitrogens is 1. The molecule has 1 aliphatic heterocycles. The van der Waals surface area contributed by atoms with Crippen molar-refractivity contribution in [1.29, 1.82) is 0 Å². The van der Waals surface area contributed by atoms with Crippen LogP contribution in [0.3, 0.4) is 0 Å². The molecule has 0 aliphatic carbocycles. The Morgan fingerprint density at radius 1 is 0.900 bits per heavy atom. The van der Waals surface area contributed by atoms with E-state index in [1.165, 1.54) is 5.56 Å². The molecule has 1 heterocycles. The van der Waals surface area contributed by atoms with Gasteiger partial charge in [0.25, 0.3) is 0 Å². The highest BCUT2D eigenvalue weighted by atomic mass is 16.3. The Morgan fingerprint density at radius 3 is 2.25 bits per heavy atom. The smallest absolute Gasteiger partial charge is 0.138 e. The fourth-order valence-corrected chi connectivity index (χ4v) is 2.86. The molecule has 3 nitrogen and oxygen atoms in total. The van der Waals surface area contributed by atoms with Gasteiger partial charge in [0.15, 0.2) is 0 Å². The summed E-state index contributed by atoms with van der Waals surface area (Å²) in [5.41, 5.74) is 2.37. The van der Waals surface area contributed by atoms with Gasteiger partial charge in [0.05, 0.1) is 31.9 Å². The van der Waals surface area contributed by atoms with Crippen molar-refractivity contribution in [1.82, 2.24) is 0 Å². The Kier molecular flexibility index (Phi) is 3.88. The van der Waals surface area contributed by atoms with Crippen molar-refractivity contribution in [2.45, 2.75) is 6.54 Å². The molecular weight excluding hydrogens is 248 g/mol. The van der Waals surface area contributed by atoms with Crippen LogP contribution in [-0.4, -0.2) is 31.3 Å². The Hall–Kier alpha value is -2.00. The van der Waals surface area contributed by atoms with Gasteiger partial charge >= 0.3 is 0 Å². The molecule has 104 valence electrons. The Labute approximate surface area is 120 Å². The predicted octanol–water partition coefficient (Wildman–Crippen LogP) is 1.30. The van der Waals surface area contributed by atoms with Gasteiger partial charge in [-0.1, -0.05) is 42.5 Å². The largest absolute Gasteiger partial charge is 0.506 e. The normalized spacial score (nSPS) is 16.3. The number of benzene rings is 2. The lowest BCUT2D eigenvalue weighted by atomic mass is 10.2. The third-order valence-electron chi connectivity index (χ3n) is 3.99. The van der Waals surface area contributed by atoms with Crippen molar-refractivity contribution in [3.8, 4) is 5.75 Å². The monoisotopic (exact) mass is 269 g/mol. The minimum atomic E-state index is 0.388. The van der Waals surface area contributed by atoms with Gasteiger partial charge in [0, 0.05) is 5.56 Å². The molecule has 0 unspecified atom stereocenters. The summed E-state index contributed by atoms with van der Waals surface area (Å²) in [6.07, 6.45) is 0. The van der Waals surface area contributed by atoms with Crippen molar-refractivity contribution in [2.75, 3.05) is 31.1 Å². The first-order valence-electron chi connectivity index (χ1n) is 7.23. The molecule has 1 fully saturated rings. The fraction of sp³-hybridized carbons (Fsp3) is 0.294. The lowest BCUT2D eigenvalue weighted by molar-refractivity contribution is -0.914. The molecule has 1 aliphatic rings. The van der Waals surface area contributed by atoms with E-state index < -0.39 is 0 Å². The molecule has 0 aromatic heterocycles. The van der Waals surface area contributed by atoms with Gasteiger partial charge in [-0.05, 0) is 12.1 Å². The summed E-state index contributed by atoms with van der Waals surface area (Å²) in [4.78, 5) is 3.90. The van der Waals surface area contributed by atoms with Gasteiger partial charge in [-0.2, -0.15) is 0 Å². The maximum atomic E-state index is 9.92. The quantitative estimate of drug-likeness (QED) is 0.879. The van der Waals surface area contributed by atoms with Crippen molar-refractivity contribution < 1.29 is 10.0 Å². The van der Waals surface area contributed by atoms with Crippen molar-refractivity contribution in [3.63, 3.8) is 0 Å². The van der Waals surface area contributed by atoms with Gasteiger partial charge in [0.2, 0.25) is 0 Å². The van der Waals surface area contributed by atoms with Gasteiger partial charge in [0.1, 0.15) is 12.3 Å². The van der Waals surface area contributed by atoms with Crippen LogP contribution in [0.5, 0.6) is 5.75 Å². The molecule has 0 amide bonds. The number of piperazine rings is 1. The van der Waals surface area contributed by atoms with Crippen LogP contribution in [0.15, 0.2) is 54.6 Å². The fourth-order valence-electron chi connectivity index (χ4n) is 2.86. The highest BCUT2D eigenvalue weighted by Crippen LogP contribution is 2.25. The number of phenols is 1. The average molecular weight is 269 g/mol. The summed E-state index contributed by atoms with van der Waals surface area (Å²) in [6, 6.07) is 18.3. The minimum absolute atomic E-state index is 0.388. The summed E-state index contributed by atoms with van der Waals surface area (Å²) >= 11 is 0. The third kappa shape index (κ3) is 2.94. The molecule has 0 saturated carbocycles. The summed E-state index contributed by atoms with van der Waals surface area (Å²) in [5, 5.41) is 9.92. The van der Waals surface area contributed by atoms with E-state index in [2.05, 4.69) is 35.2 Å². The first kappa shape index (κ1) is 13.0. The maximum absolute atomic E-state index is 9.92. The molecule has 0 bridgehead atoms. The van der Waals surface area contributed by atoms with Gasteiger partial charge in [-0.3, -0.25) is 0 Å². The zero-order valence-electron chi connectivity index (χ0n) is 11.6. The van der Waals surface area contributed by atoms with Crippen LogP contribution in [0.4, 0.5) is 5.69 Å².